The summed E-state index contributed by atoms with van der Waals surface area (Å²) in [6.07, 6.45) is 2.62. The van der Waals surface area contributed by atoms with E-state index in [-0.39, 0.29) is 35.5 Å². The predicted octanol–water partition coefficient (Wildman–Crippen LogP) is 2.47. The Balaban J connectivity index is 0.00000320. The Morgan fingerprint density at radius 1 is 1.17 bits per heavy atom. The van der Waals surface area contributed by atoms with Gasteiger partial charge in [-0.1, -0.05) is 18.2 Å². The maximum Gasteiger partial charge on any atom is 0.224 e. The summed E-state index contributed by atoms with van der Waals surface area (Å²) >= 11 is 0. The van der Waals surface area contributed by atoms with Crippen LogP contribution in [-0.4, -0.2) is 74.8 Å². The predicted molar refractivity (Wildman–Crippen MR) is 133 cm³/mol. The number of carbonyl (C=O) groups is 1. The Hall–Kier alpha value is -1.55. The molecule has 2 N–H and O–H groups in total. The Morgan fingerprint density at radius 3 is 2.53 bits per heavy atom. The van der Waals surface area contributed by atoms with Gasteiger partial charge in [-0.05, 0) is 38.8 Å². The average Bonchev–Trinajstić information content (AvgIpc) is 3.19. The number of aliphatic imine (C=N–C) groups is 1. The number of nitrogens with one attached hydrogen (secondary N) is 2. The minimum absolute atomic E-state index is 0. The van der Waals surface area contributed by atoms with Gasteiger partial charge in [-0.25, -0.2) is 0 Å². The van der Waals surface area contributed by atoms with Crippen LogP contribution in [0.5, 0.6) is 0 Å². The highest BCUT2D eigenvalue weighted by atomic mass is 127. The van der Waals surface area contributed by atoms with Crippen LogP contribution in [0.3, 0.4) is 0 Å². The van der Waals surface area contributed by atoms with E-state index in [4.69, 9.17) is 4.74 Å². The molecule has 1 aromatic carbocycles. The highest BCUT2D eigenvalue weighted by Gasteiger charge is 2.29. The van der Waals surface area contributed by atoms with Crippen molar-refractivity contribution in [2.75, 3.05) is 57.3 Å². The lowest BCUT2D eigenvalue weighted by atomic mass is 10.0. The van der Waals surface area contributed by atoms with Crippen LogP contribution < -0.4 is 15.5 Å². The number of guanidine groups is 1. The van der Waals surface area contributed by atoms with Gasteiger partial charge in [0.2, 0.25) is 5.91 Å². The average molecular weight is 529 g/mol. The maximum absolute atomic E-state index is 12.6. The minimum atomic E-state index is -0.156. The first-order chi connectivity index (χ1) is 14.1. The minimum Gasteiger partial charge on any atom is -0.373 e. The van der Waals surface area contributed by atoms with Crippen LogP contribution in [0.4, 0.5) is 5.69 Å². The molecule has 2 heterocycles. The summed E-state index contributed by atoms with van der Waals surface area (Å²) in [6.45, 7) is 10.3. The molecule has 0 radical (unpaired) electrons. The fourth-order valence-electron chi connectivity index (χ4n) is 3.85. The van der Waals surface area contributed by atoms with Gasteiger partial charge in [0.1, 0.15) is 0 Å². The number of ether oxygens (including phenoxy) is 1. The first-order valence-electron chi connectivity index (χ1n) is 10.8. The van der Waals surface area contributed by atoms with E-state index in [0.29, 0.717) is 19.5 Å². The zero-order valence-corrected chi connectivity index (χ0v) is 20.6. The molecule has 1 atom stereocenters. The summed E-state index contributed by atoms with van der Waals surface area (Å²) in [4.78, 5) is 21.6. The van der Waals surface area contributed by atoms with Gasteiger partial charge < -0.3 is 25.2 Å². The van der Waals surface area contributed by atoms with E-state index >= 15 is 0 Å². The number of para-hydroxylation sites is 1. The van der Waals surface area contributed by atoms with Gasteiger partial charge >= 0.3 is 0 Å². The molecule has 0 spiro atoms. The summed E-state index contributed by atoms with van der Waals surface area (Å²) in [5, 5.41) is 6.54. The lowest BCUT2D eigenvalue weighted by molar-refractivity contribution is -0.131. The molecule has 2 aliphatic rings. The summed E-state index contributed by atoms with van der Waals surface area (Å²) in [5.74, 6) is 0.957. The second kappa shape index (κ2) is 12.3. The SMILES string of the molecule is CCNC(=NCC1(C)CCCO1)NCCC(=O)N1CCN(c2ccccc2)CC1.I. The first kappa shape index (κ1) is 24.7. The number of hydrogen-bond acceptors (Lipinski definition) is 4. The molecule has 1 amide bonds. The molecular weight excluding hydrogens is 493 g/mol. The molecule has 1 aromatic rings. The molecule has 7 nitrogen and oxygen atoms in total. The molecule has 2 aliphatic heterocycles. The van der Waals surface area contributed by atoms with Gasteiger partial charge in [0.05, 0.1) is 12.1 Å². The van der Waals surface area contributed by atoms with Gasteiger partial charge in [0.15, 0.2) is 5.96 Å². The second-order valence-electron chi connectivity index (χ2n) is 7.98. The lowest BCUT2D eigenvalue weighted by Crippen LogP contribution is -2.49. The topological polar surface area (TPSA) is 69.2 Å². The van der Waals surface area contributed by atoms with E-state index in [1.807, 2.05) is 17.9 Å². The number of piperazine rings is 1. The maximum atomic E-state index is 12.6. The number of rotatable bonds is 7. The van der Waals surface area contributed by atoms with Crippen LogP contribution in [0.2, 0.25) is 0 Å². The van der Waals surface area contributed by atoms with Crippen molar-refractivity contribution in [3.8, 4) is 0 Å². The third kappa shape index (κ3) is 7.30. The van der Waals surface area contributed by atoms with E-state index in [2.05, 4.69) is 51.7 Å². The summed E-state index contributed by atoms with van der Waals surface area (Å²) in [5.41, 5.74) is 1.07. The Labute approximate surface area is 197 Å². The molecule has 0 aromatic heterocycles. The first-order valence-corrected chi connectivity index (χ1v) is 10.8. The lowest BCUT2D eigenvalue weighted by Gasteiger charge is -2.36. The molecule has 0 saturated carbocycles. The molecule has 2 fully saturated rings. The fourth-order valence-corrected chi connectivity index (χ4v) is 3.85. The molecule has 1 unspecified atom stereocenters. The number of amides is 1. The van der Waals surface area contributed by atoms with E-state index in [0.717, 1.165) is 58.1 Å². The van der Waals surface area contributed by atoms with Crippen molar-refractivity contribution >= 4 is 41.5 Å². The zero-order chi connectivity index (χ0) is 20.5. The van der Waals surface area contributed by atoms with Gasteiger partial charge in [-0.15, -0.1) is 24.0 Å². The summed E-state index contributed by atoms with van der Waals surface area (Å²) in [6, 6.07) is 10.4. The number of benzene rings is 1. The third-order valence-electron chi connectivity index (χ3n) is 5.60. The molecule has 0 bridgehead atoms. The van der Waals surface area contributed by atoms with Crippen LogP contribution in [-0.2, 0) is 9.53 Å². The molecule has 2 saturated heterocycles. The van der Waals surface area contributed by atoms with Gasteiger partial charge in [-0.2, -0.15) is 0 Å². The van der Waals surface area contributed by atoms with Crippen molar-refractivity contribution in [3.05, 3.63) is 30.3 Å². The highest BCUT2D eigenvalue weighted by molar-refractivity contribution is 14.0. The smallest absolute Gasteiger partial charge is 0.224 e. The molecule has 3 rings (SSSR count). The molecular formula is C22H36IN5O2. The standard InChI is InChI=1S/C22H35N5O2.HI/c1-3-23-21(25-18-22(2)11-7-17-29-22)24-12-10-20(28)27-15-13-26(14-16-27)19-8-5-4-6-9-19;/h4-6,8-9H,3,7,10-18H2,1-2H3,(H2,23,24,25);1H. The van der Waals surface area contributed by atoms with Gasteiger partial charge in [-0.3, -0.25) is 9.79 Å². The van der Waals surface area contributed by atoms with Crippen molar-refractivity contribution in [1.29, 1.82) is 0 Å². The Kier molecular flexibility index (Phi) is 10.2. The van der Waals surface area contributed by atoms with E-state index in [9.17, 15) is 4.79 Å². The van der Waals surface area contributed by atoms with Crippen molar-refractivity contribution in [3.63, 3.8) is 0 Å². The second-order valence-corrected chi connectivity index (χ2v) is 7.98. The number of carbonyl (C=O) groups excluding carboxylic acids is 1. The zero-order valence-electron chi connectivity index (χ0n) is 18.2. The van der Waals surface area contributed by atoms with Gasteiger partial charge in [0, 0.05) is 58.0 Å². The van der Waals surface area contributed by atoms with Crippen LogP contribution in [0, 0.1) is 0 Å². The molecule has 168 valence electrons. The molecule has 0 aliphatic carbocycles. The Morgan fingerprint density at radius 2 is 1.90 bits per heavy atom. The van der Waals surface area contributed by atoms with Crippen molar-refractivity contribution < 1.29 is 9.53 Å². The van der Waals surface area contributed by atoms with Crippen molar-refractivity contribution in [1.82, 2.24) is 15.5 Å². The van der Waals surface area contributed by atoms with Gasteiger partial charge in [0.25, 0.3) is 0 Å². The number of hydrogen-bond donors (Lipinski definition) is 2. The summed E-state index contributed by atoms with van der Waals surface area (Å²) < 4.78 is 5.80. The normalized spacial score (nSPS) is 21.9. The monoisotopic (exact) mass is 529 g/mol. The quantitative estimate of drug-likeness (QED) is 0.323. The van der Waals surface area contributed by atoms with E-state index < -0.39 is 0 Å². The van der Waals surface area contributed by atoms with E-state index in [1.165, 1.54) is 5.69 Å². The molecule has 8 heteroatoms. The number of anilines is 1. The third-order valence-corrected chi connectivity index (χ3v) is 5.60. The largest absolute Gasteiger partial charge is 0.373 e. The van der Waals surface area contributed by atoms with E-state index in [1.54, 1.807) is 0 Å². The molecule has 30 heavy (non-hydrogen) atoms. The van der Waals surface area contributed by atoms with Crippen molar-refractivity contribution in [2.24, 2.45) is 4.99 Å². The number of halogens is 1. The number of nitrogens with zero attached hydrogens (tertiary/aromatic N) is 3. The summed E-state index contributed by atoms with van der Waals surface area (Å²) in [7, 11) is 0. The van der Waals surface area contributed by atoms with Crippen LogP contribution in [0.15, 0.2) is 35.3 Å². The van der Waals surface area contributed by atoms with Crippen LogP contribution >= 0.6 is 24.0 Å². The Bertz CT molecular complexity index is 671. The van der Waals surface area contributed by atoms with Crippen molar-refractivity contribution in [2.45, 2.75) is 38.7 Å². The fraction of sp³-hybridized carbons (Fsp3) is 0.636. The van der Waals surface area contributed by atoms with Crippen LogP contribution in [0.1, 0.15) is 33.1 Å². The van der Waals surface area contributed by atoms with Crippen LogP contribution in [0.25, 0.3) is 0 Å². The highest BCUT2D eigenvalue weighted by Crippen LogP contribution is 2.25.